The van der Waals surface area contributed by atoms with Crippen LogP contribution in [0.2, 0.25) is 0 Å². The highest BCUT2D eigenvalue weighted by molar-refractivity contribution is 5.78. The third-order valence-electron chi connectivity index (χ3n) is 4.63. The first-order valence-electron chi connectivity index (χ1n) is 9.14. The molecular weight excluding hydrogens is 360 g/mol. The van der Waals surface area contributed by atoms with E-state index in [1.54, 1.807) is 29.2 Å². The maximum absolute atomic E-state index is 12.8. The Kier molecular flexibility index (Phi) is 4.92. The number of fused-ring (bicyclic) bond motifs is 2. The van der Waals surface area contributed by atoms with Crippen LogP contribution in [0, 0.1) is 0 Å². The van der Waals surface area contributed by atoms with Crippen molar-refractivity contribution in [1.82, 2.24) is 19.9 Å². The summed E-state index contributed by atoms with van der Waals surface area (Å²) in [5, 5.41) is 8.37. The third-order valence-corrected chi connectivity index (χ3v) is 4.63. The molecule has 0 N–H and O–H groups in total. The molecule has 2 heterocycles. The zero-order valence-corrected chi connectivity index (χ0v) is 15.5. The fourth-order valence-corrected chi connectivity index (χ4v) is 3.14. The van der Waals surface area contributed by atoms with Crippen LogP contribution in [0.3, 0.4) is 0 Å². The number of carbonyl (C=O) groups excluding carboxylic acids is 1. The normalized spacial score (nSPS) is 12.8. The zero-order valence-electron chi connectivity index (χ0n) is 15.5. The van der Waals surface area contributed by atoms with Gasteiger partial charge in [-0.15, -0.1) is 5.10 Å². The van der Waals surface area contributed by atoms with E-state index >= 15 is 0 Å². The Labute approximate surface area is 161 Å². The van der Waals surface area contributed by atoms with Gasteiger partial charge in [-0.1, -0.05) is 23.4 Å². The van der Waals surface area contributed by atoms with Crippen molar-refractivity contribution >= 4 is 16.8 Å². The second kappa shape index (κ2) is 7.67. The van der Waals surface area contributed by atoms with E-state index in [-0.39, 0.29) is 18.0 Å². The Bertz CT molecular complexity index is 1080. The number of aromatic nitrogens is 3. The van der Waals surface area contributed by atoms with E-state index in [2.05, 4.69) is 10.3 Å². The number of ether oxygens (including phenoxy) is 2. The molecule has 0 atom stereocenters. The summed E-state index contributed by atoms with van der Waals surface area (Å²) in [6, 6.07) is 12.6. The van der Waals surface area contributed by atoms with Gasteiger partial charge in [-0.25, -0.2) is 4.68 Å². The molecule has 0 fully saturated rings. The van der Waals surface area contributed by atoms with E-state index in [1.165, 1.54) is 0 Å². The number of likely N-dealkylation sites (N-methyl/N-ethyl adjacent to an activating group) is 1. The van der Waals surface area contributed by atoms with Gasteiger partial charge in [-0.3, -0.25) is 9.59 Å². The molecule has 1 aliphatic heterocycles. The van der Waals surface area contributed by atoms with Gasteiger partial charge in [0.1, 0.15) is 25.3 Å². The molecule has 2 aromatic carbocycles. The molecule has 4 rings (SSSR count). The molecule has 0 unspecified atom stereocenters. The van der Waals surface area contributed by atoms with Crippen molar-refractivity contribution in [2.45, 2.75) is 20.0 Å². The first kappa shape index (κ1) is 18.0. The predicted octanol–water partition coefficient (Wildman–Crippen LogP) is 1.61. The fourth-order valence-electron chi connectivity index (χ4n) is 3.14. The summed E-state index contributed by atoms with van der Waals surface area (Å²) in [7, 11) is 0. The van der Waals surface area contributed by atoms with Crippen molar-refractivity contribution in [3.05, 3.63) is 58.4 Å². The van der Waals surface area contributed by atoms with Gasteiger partial charge in [0.25, 0.3) is 5.56 Å². The first-order chi connectivity index (χ1) is 13.7. The molecule has 0 bridgehead atoms. The average molecular weight is 380 g/mol. The standard InChI is InChI=1S/C20H20N4O4/c1-2-23(12-14-7-8-17-18(11-14)28-10-9-27-17)19(25)13-24-20(26)15-5-3-4-6-16(15)21-22-24/h3-8,11H,2,9-10,12-13H2,1H3. The molecule has 1 amide bonds. The summed E-state index contributed by atoms with van der Waals surface area (Å²) in [6.45, 7) is 3.69. The maximum atomic E-state index is 12.8. The Morgan fingerprint density at radius 3 is 2.75 bits per heavy atom. The molecule has 0 saturated carbocycles. The van der Waals surface area contributed by atoms with Crippen LogP contribution in [0.15, 0.2) is 47.3 Å². The van der Waals surface area contributed by atoms with E-state index in [4.69, 9.17) is 9.47 Å². The number of benzene rings is 2. The topological polar surface area (TPSA) is 86.6 Å². The molecular formula is C20H20N4O4. The van der Waals surface area contributed by atoms with Crippen LogP contribution >= 0.6 is 0 Å². The van der Waals surface area contributed by atoms with Crippen LogP contribution in [-0.4, -0.2) is 45.6 Å². The van der Waals surface area contributed by atoms with E-state index in [0.717, 1.165) is 10.2 Å². The zero-order chi connectivity index (χ0) is 19.5. The van der Waals surface area contributed by atoms with E-state index < -0.39 is 0 Å². The lowest BCUT2D eigenvalue weighted by molar-refractivity contribution is -0.132. The SMILES string of the molecule is CCN(Cc1ccc2c(c1)OCCO2)C(=O)Cn1nnc2ccccc2c1=O. The fraction of sp³-hybridized carbons (Fsp3) is 0.300. The quantitative estimate of drug-likeness (QED) is 0.668. The molecule has 8 nitrogen and oxygen atoms in total. The molecule has 0 spiro atoms. The number of hydrogen-bond donors (Lipinski definition) is 0. The second-order valence-electron chi connectivity index (χ2n) is 6.46. The van der Waals surface area contributed by atoms with E-state index in [1.807, 2.05) is 25.1 Å². The summed E-state index contributed by atoms with van der Waals surface area (Å²) in [5.41, 5.74) is 1.12. The van der Waals surface area contributed by atoms with E-state index in [9.17, 15) is 9.59 Å². The summed E-state index contributed by atoms with van der Waals surface area (Å²) in [4.78, 5) is 27.0. The van der Waals surface area contributed by atoms with Crippen LogP contribution in [0.5, 0.6) is 11.5 Å². The van der Waals surface area contributed by atoms with Crippen molar-refractivity contribution in [3.63, 3.8) is 0 Å². The van der Waals surface area contributed by atoms with Gasteiger partial charge in [0.05, 0.1) is 5.39 Å². The van der Waals surface area contributed by atoms with Crippen molar-refractivity contribution in [1.29, 1.82) is 0 Å². The maximum Gasteiger partial charge on any atom is 0.278 e. The Morgan fingerprint density at radius 2 is 1.93 bits per heavy atom. The summed E-state index contributed by atoms with van der Waals surface area (Å²) < 4.78 is 12.2. The average Bonchev–Trinajstić information content (AvgIpc) is 2.74. The molecule has 28 heavy (non-hydrogen) atoms. The lowest BCUT2D eigenvalue weighted by atomic mass is 10.1. The van der Waals surface area contributed by atoms with Gasteiger partial charge in [0.2, 0.25) is 5.91 Å². The molecule has 1 aliphatic rings. The number of amides is 1. The number of carbonyl (C=O) groups is 1. The second-order valence-corrected chi connectivity index (χ2v) is 6.46. The minimum Gasteiger partial charge on any atom is -0.486 e. The summed E-state index contributed by atoms with van der Waals surface area (Å²) in [6.07, 6.45) is 0. The van der Waals surface area contributed by atoms with Crippen molar-refractivity contribution in [3.8, 4) is 11.5 Å². The molecule has 3 aromatic rings. The first-order valence-corrected chi connectivity index (χ1v) is 9.14. The summed E-state index contributed by atoms with van der Waals surface area (Å²) >= 11 is 0. The van der Waals surface area contributed by atoms with Gasteiger partial charge in [0, 0.05) is 13.1 Å². The highest BCUT2D eigenvalue weighted by Gasteiger charge is 2.17. The van der Waals surface area contributed by atoms with Crippen molar-refractivity contribution < 1.29 is 14.3 Å². The number of hydrogen-bond acceptors (Lipinski definition) is 6. The van der Waals surface area contributed by atoms with Gasteiger partial charge in [-0.05, 0) is 36.8 Å². The summed E-state index contributed by atoms with van der Waals surface area (Å²) in [5.74, 6) is 1.19. The Balaban J connectivity index is 1.52. The smallest absolute Gasteiger partial charge is 0.278 e. The third kappa shape index (κ3) is 3.53. The lowest BCUT2D eigenvalue weighted by Gasteiger charge is -2.23. The van der Waals surface area contributed by atoms with E-state index in [0.29, 0.717) is 48.7 Å². The highest BCUT2D eigenvalue weighted by Crippen LogP contribution is 2.31. The van der Waals surface area contributed by atoms with Gasteiger partial charge < -0.3 is 14.4 Å². The van der Waals surface area contributed by atoms with Crippen LogP contribution in [0.25, 0.3) is 10.9 Å². The van der Waals surface area contributed by atoms with Gasteiger partial charge >= 0.3 is 0 Å². The molecule has 144 valence electrons. The minimum atomic E-state index is -0.325. The Morgan fingerprint density at radius 1 is 1.14 bits per heavy atom. The predicted molar refractivity (Wildman–Crippen MR) is 102 cm³/mol. The number of rotatable bonds is 5. The molecule has 1 aromatic heterocycles. The minimum absolute atomic E-state index is 0.158. The van der Waals surface area contributed by atoms with Gasteiger partial charge in [0.15, 0.2) is 11.5 Å². The van der Waals surface area contributed by atoms with Crippen LogP contribution in [0.1, 0.15) is 12.5 Å². The van der Waals surface area contributed by atoms with Crippen molar-refractivity contribution in [2.24, 2.45) is 0 Å². The molecule has 8 heteroatoms. The largest absolute Gasteiger partial charge is 0.486 e. The highest BCUT2D eigenvalue weighted by atomic mass is 16.6. The monoisotopic (exact) mass is 380 g/mol. The Hall–Kier alpha value is -3.42. The molecule has 0 aliphatic carbocycles. The number of nitrogens with zero attached hydrogens (tertiary/aromatic N) is 4. The molecule has 0 saturated heterocycles. The van der Waals surface area contributed by atoms with Gasteiger partial charge in [-0.2, -0.15) is 0 Å². The van der Waals surface area contributed by atoms with Crippen LogP contribution < -0.4 is 15.0 Å². The molecule has 0 radical (unpaired) electrons. The van der Waals surface area contributed by atoms with Crippen molar-refractivity contribution in [2.75, 3.05) is 19.8 Å². The van der Waals surface area contributed by atoms with Crippen LogP contribution in [0.4, 0.5) is 0 Å². The van der Waals surface area contributed by atoms with Crippen LogP contribution in [-0.2, 0) is 17.9 Å². The lowest BCUT2D eigenvalue weighted by Crippen LogP contribution is -2.37.